The highest BCUT2D eigenvalue weighted by Gasteiger charge is 2.17. The van der Waals surface area contributed by atoms with Crippen LogP contribution in [0.4, 0.5) is 0 Å². The summed E-state index contributed by atoms with van der Waals surface area (Å²) in [6.45, 7) is 6.72. The molecule has 0 radical (unpaired) electrons. The molecule has 0 saturated carbocycles. The largest absolute Gasteiger partial charge is 0.402 e. The lowest BCUT2D eigenvalue weighted by molar-refractivity contribution is -0.610. The number of fused-ring (bicyclic) bond motifs is 1. The topological polar surface area (TPSA) is 32.6 Å². The normalized spacial score (nSPS) is 12.0. The van der Waals surface area contributed by atoms with E-state index in [9.17, 15) is 0 Å². The van der Waals surface area contributed by atoms with E-state index in [4.69, 9.17) is 4.98 Å². The van der Waals surface area contributed by atoms with Crippen molar-refractivity contribution < 1.29 is 4.57 Å². The minimum Gasteiger partial charge on any atom is -0.238 e. The smallest absolute Gasteiger partial charge is 0.238 e. The number of para-hydroxylation sites is 2. The second-order valence-electron chi connectivity index (χ2n) is 6.10. The molecule has 0 spiro atoms. The van der Waals surface area contributed by atoms with Crippen LogP contribution in [0.2, 0.25) is 0 Å². The molecule has 0 fully saturated rings. The molecule has 3 nitrogen and oxygen atoms in total. The Morgan fingerprint density at radius 1 is 1.09 bits per heavy atom. The maximum absolute atomic E-state index is 4.69. The molecule has 1 aromatic carbocycles. The maximum atomic E-state index is 4.69. The molecule has 0 bridgehead atoms. The number of imidazole rings is 1. The van der Waals surface area contributed by atoms with E-state index >= 15 is 0 Å². The number of nitrogens with one attached hydrogen (secondary N) is 1. The first-order valence-corrected chi connectivity index (χ1v) is 9.60. The molecule has 0 aliphatic carbocycles. The Morgan fingerprint density at radius 2 is 1.86 bits per heavy atom. The molecule has 114 valence electrons. The molecule has 0 aliphatic heterocycles. The molecule has 3 aromatic rings. The molecule has 22 heavy (non-hydrogen) atoms. The molecule has 0 aliphatic rings. The van der Waals surface area contributed by atoms with Crippen LogP contribution in [0.1, 0.15) is 26.5 Å². The van der Waals surface area contributed by atoms with Crippen molar-refractivity contribution >= 4 is 32.6 Å². The number of benzene rings is 1. The number of aromatic amines is 1. The minimum atomic E-state index is 0.267. The van der Waals surface area contributed by atoms with Crippen LogP contribution in [0.25, 0.3) is 17.0 Å². The summed E-state index contributed by atoms with van der Waals surface area (Å²) in [7, 11) is 3.79. The third-order valence-electron chi connectivity index (χ3n) is 3.07. The monoisotopic (exact) mass is 330 g/mol. The highest BCUT2D eigenvalue weighted by molar-refractivity contribution is 8.76. The van der Waals surface area contributed by atoms with Crippen LogP contribution in [0.15, 0.2) is 48.7 Å². The molecule has 0 saturated heterocycles. The van der Waals surface area contributed by atoms with Gasteiger partial charge in [0.05, 0.1) is 17.6 Å². The average Bonchev–Trinajstić information content (AvgIpc) is 2.90. The summed E-state index contributed by atoms with van der Waals surface area (Å²) in [6.07, 6.45) is 2.06. The molecule has 0 unspecified atom stereocenters. The van der Waals surface area contributed by atoms with Crippen LogP contribution in [0.3, 0.4) is 0 Å². The second-order valence-corrected chi connectivity index (χ2v) is 9.22. The first-order valence-electron chi connectivity index (χ1n) is 7.28. The molecule has 1 N–H and O–H groups in total. The predicted molar refractivity (Wildman–Crippen MR) is 96.3 cm³/mol. The molecule has 3 rings (SSSR count). The first-order chi connectivity index (χ1) is 10.5. The number of H-pyrrole nitrogens is 1. The van der Waals surface area contributed by atoms with Crippen molar-refractivity contribution in [2.24, 2.45) is 0 Å². The number of pyridine rings is 1. The van der Waals surface area contributed by atoms with Gasteiger partial charge in [-0.25, -0.2) is 9.55 Å². The molecule has 2 aromatic heterocycles. The third kappa shape index (κ3) is 3.65. The van der Waals surface area contributed by atoms with Gasteiger partial charge in [-0.2, -0.15) is 0 Å². The van der Waals surface area contributed by atoms with Gasteiger partial charge in [0.25, 0.3) is 0 Å². The van der Waals surface area contributed by atoms with Gasteiger partial charge in [-0.05, 0) is 24.3 Å². The fourth-order valence-electron chi connectivity index (χ4n) is 2.12. The Bertz CT molecular complexity index is 742. The number of hydrogen-bond donors (Lipinski definition) is 1. The van der Waals surface area contributed by atoms with Crippen molar-refractivity contribution in [1.29, 1.82) is 0 Å². The molecule has 2 heterocycles. The van der Waals surface area contributed by atoms with Gasteiger partial charge in [-0.3, -0.25) is 0 Å². The van der Waals surface area contributed by atoms with Crippen molar-refractivity contribution in [3.8, 4) is 5.95 Å². The van der Waals surface area contributed by atoms with Crippen LogP contribution in [-0.2, 0) is 5.75 Å². The molecule has 5 heteroatoms. The van der Waals surface area contributed by atoms with Crippen LogP contribution >= 0.6 is 21.6 Å². The standard InChI is InChI=1S/C17H20N3S2/c1-17(2,3)22-21-12-13-8-6-7-11-20(13)16-18-14-9-4-5-10-15(14)19-16/h4-11H,12H2,1-3H3,(H,18,19)/q+1. The zero-order valence-electron chi connectivity index (χ0n) is 13.0. The fraction of sp³-hybridized carbons (Fsp3) is 0.294. The van der Waals surface area contributed by atoms with Gasteiger partial charge < -0.3 is 0 Å². The van der Waals surface area contributed by atoms with Gasteiger partial charge >= 0.3 is 5.95 Å². The van der Waals surface area contributed by atoms with Crippen LogP contribution in [-0.4, -0.2) is 14.7 Å². The van der Waals surface area contributed by atoms with Crippen molar-refractivity contribution in [2.75, 3.05) is 0 Å². The Morgan fingerprint density at radius 3 is 2.64 bits per heavy atom. The highest BCUT2D eigenvalue weighted by atomic mass is 33.1. The fourth-order valence-corrected chi connectivity index (χ4v) is 4.49. The number of aromatic nitrogens is 3. The van der Waals surface area contributed by atoms with Gasteiger partial charge in [0.15, 0.2) is 5.52 Å². The number of hydrogen-bond acceptors (Lipinski definition) is 3. The van der Waals surface area contributed by atoms with Crippen LogP contribution in [0, 0.1) is 0 Å². The Labute approximate surface area is 138 Å². The lowest BCUT2D eigenvalue weighted by Gasteiger charge is -2.16. The summed E-state index contributed by atoms with van der Waals surface area (Å²) in [6, 6.07) is 14.4. The van der Waals surface area contributed by atoms with Gasteiger partial charge in [0, 0.05) is 4.75 Å². The highest BCUT2D eigenvalue weighted by Crippen LogP contribution is 2.36. The molecular formula is C17H20N3S2+. The van der Waals surface area contributed by atoms with Gasteiger partial charge in [-0.1, -0.05) is 65.5 Å². The van der Waals surface area contributed by atoms with Gasteiger partial charge in [-0.15, -0.1) is 0 Å². The summed E-state index contributed by atoms with van der Waals surface area (Å²) < 4.78 is 2.40. The van der Waals surface area contributed by atoms with E-state index in [-0.39, 0.29) is 4.75 Å². The lowest BCUT2D eigenvalue weighted by atomic mass is 10.3. The van der Waals surface area contributed by atoms with E-state index in [1.165, 1.54) is 5.69 Å². The van der Waals surface area contributed by atoms with Gasteiger partial charge in [0.2, 0.25) is 0 Å². The Kier molecular flexibility index (Phi) is 4.45. The van der Waals surface area contributed by atoms with Crippen LogP contribution < -0.4 is 4.57 Å². The van der Waals surface area contributed by atoms with E-state index in [0.717, 1.165) is 22.7 Å². The molecule has 0 atom stereocenters. The predicted octanol–water partition coefficient (Wildman–Crippen LogP) is 4.52. The SMILES string of the molecule is CC(C)(C)SSCc1cccc[n+]1-c1nc2ccccc2[nH]1. The van der Waals surface area contributed by atoms with E-state index < -0.39 is 0 Å². The van der Waals surface area contributed by atoms with Crippen molar-refractivity contribution in [3.63, 3.8) is 0 Å². The van der Waals surface area contributed by atoms with E-state index in [1.54, 1.807) is 0 Å². The molecular weight excluding hydrogens is 310 g/mol. The van der Waals surface area contributed by atoms with Crippen molar-refractivity contribution in [2.45, 2.75) is 31.3 Å². The molecule has 0 amide bonds. The van der Waals surface area contributed by atoms with E-state index in [2.05, 4.69) is 54.7 Å². The average molecular weight is 331 g/mol. The minimum absolute atomic E-state index is 0.267. The Hall–Kier alpha value is -1.46. The number of rotatable bonds is 4. The maximum Gasteiger partial charge on any atom is 0.402 e. The number of nitrogens with zero attached hydrogens (tertiary/aromatic N) is 2. The van der Waals surface area contributed by atoms with Crippen molar-refractivity contribution in [3.05, 3.63) is 54.4 Å². The Balaban J connectivity index is 1.87. The van der Waals surface area contributed by atoms with Gasteiger partial charge in [0.1, 0.15) is 5.52 Å². The summed E-state index contributed by atoms with van der Waals surface area (Å²) in [5, 5.41) is 0. The van der Waals surface area contributed by atoms with Crippen molar-refractivity contribution in [1.82, 2.24) is 9.97 Å². The lowest BCUT2D eigenvalue weighted by Crippen LogP contribution is -2.36. The third-order valence-corrected chi connectivity index (χ3v) is 6.30. The summed E-state index contributed by atoms with van der Waals surface area (Å²) in [5.74, 6) is 1.82. The first kappa shape index (κ1) is 15.4. The summed E-state index contributed by atoms with van der Waals surface area (Å²) in [5.41, 5.74) is 3.30. The summed E-state index contributed by atoms with van der Waals surface area (Å²) in [4.78, 5) is 8.09. The van der Waals surface area contributed by atoms with E-state index in [0.29, 0.717) is 0 Å². The second kappa shape index (κ2) is 6.34. The van der Waals surface area contributed by atoms with Crippen LogP contribution in [0.5, 0.6) is 0 Å². The quantitative estimate of drug-likeness (QED) is 0.564. The zero-order chi connectivity index (χ0) is 15.6. The van der Waals surface area contributed by atoms with E-state index in [1.807, 2.05) is 45.9 Å². The summed E-state index contributed by atoms with van der Waals surface area (Å²) >= 11 is 0. The zero-order valence-corrected chi connectivity index (χ0v) is 14.7.